The van der Waals surface area contributed by atoms with Crippen LogP contribution in [0.4, 0.5) is 18.9 Å². The third-order valence-electron chi connectivity index (χ3n) is 5.08. The van der Waals surface area contributed by atoms with Gasteiger partial charge >= 0.3 is 6.18 Å². The zero-order chi connectivity index (χ0) is 20.1. The summed E-state index contributed by atoms with van der Waals surface area (Å²) in [5.74, 6) is -2.10. The molecule has 0 spiro atoms. The van der Waals surface area contributed by atoms with E-state index >= 15 is 0 Å². The number of anilines is 1. The maximum Gasteiger partial charge on any atom is 0.416 e. The molecule has 0 unspecified atom stereocenters. The van der Waals surface area contributed by atoms with E-state index in [0.717, 1.165) is 17.7 Å². The third kappa shape index (κ3) is 3.19. The lowest BCUT2D eigenvalue weighted by molar-refractivity contribution is -0.145. The summed E-state index contributed by atoms with van der Waals surface area (Å²) in [6, 6.07) is 11.5. The molecule has 0 saturated carbocycles. The quantitative estimate of drug-likeness (QED) is 0.769. The Morgan fingerprint density at radius 3 is 2.71 bits per heavy atom. The first-order valence-corrected chi connectivity index (χ1v) is 8.74. The van der Waals surface area contributed by atoms with Gasteiger partial charge in [0, 0.05) is 18.0 Å². The van der Waals surface area contributed by atoms with Gasteiger partial charge in [0.15, 0.2) is 5.72 Å². The number of fused-ring (bicyclic) bond motifs is 4. The molecule has 3 atom stereocenters. The van der Waals surface area contributed by atoms with Crippen LogP contribution in [-0.2, 0) is 15.8 Å². The number of rotatable bonds is 2. The van der Waals surface area contributed by atoms with E-state index in [4.69, 9.17) is 4.74 Å². The summed E-state index contributed by atoms with van der Waals surface area (Å²) >= 11 is 0. The lowest BCUT2D eigenvalue weighted by Crippen LogP contribution is -2.62. The molecule has 2 amide bonds. The fourth-order valence-corrected chi connectivity index (χ4v) is 3.88. The Labute approximate surface area is 158 Å². The molecule has 146 valence electrons. The minimum absolute atomic E-state index is 0.0127. The van der Waals surface area contributed by atoms with Gasteiger partial charge in [-0.2, -0.15) is 13.2 Å². The molecule has 2 N–H and O–H groups in total. The molecule has 4 rings (SSSR count). The number of nitrogens with one attached hydrogen (secondary N) is 2. The first kappa shape index (κ1) is 18.3. The van der Waals surface area contributed by atoms with Gasteiger partial charge in [-0.3, -0.25) is 9.59 Å². The van der Waals surface area contributed by atoms with Crippen molar-refractivity contribution in [1.29, 1.82) is 0 Å². The highest BCUT2D eigenvalue weighted by atomic mass is 19.4. The van der Waals surface area contributed by atoms with Gasteiger partial charge in [-0.1, -0.05) is 24.3 Å². The van der Waals surface area contributed by atoms with Gasteiger partial charge in [-0.05, 0) is 36.8 Å². The van der Waals surface area contributed by atoms with Crippen LogP contribution in [0.2, 0.25) is 0 Å². The van der Waals surface area contributed by atoms with Gasteiger partial charge in [-0.15, -0.1) is 0 Å². The molecule has 0 aliphatic carbocycles. The van der Waals surface area contributed by atoms with E-state index in [0.29, 0.717) is 12.2 Å². The maximum atomic E-state index is 12.9. The SMILES string of the molecule is C[C@@]12C[C@@H](c3ccccc3O1)[C@@H](C(=O)Nc1cccc(C(F)(F)F)c1)C(=O)N2. The first-order valence-electron chi connectivity index (χ1n) is 8.74. The fourth-order valence-electron chi connectivity index (χ4n) is 3.88. The largest absolute Gasteiger partial charge is 0.468 e. The summed E-state index contributed by atoms with van der Waals surface area (Å²) in [6.07, 6.45) is -4.14. The van der Waals surface area contributed by atoms with Crippen molar-refractivity contribution in [3.8, 4) is 5.75 Å². The number of carbonyl (C=O) groups is 2. The van der Waals surface area contributed by atoms with Crippen LogP contribution in [0.25, 0.3) is 0 Å². The Kier molecular flexibility index (Phi) is 4.10. The Bertz CT molecular complexity index is 960. The Balaban J connectivity index is 1.64. The normalized spacial score (nSPS) is 25.9. The molecule has 2 aromatic carbocycles. The van der Waals surface area contributed by atoms with E-state index in [1.807, 2.05) is 0 Å². The van der Waals surface area contributed by atoms with Crippen LogP contribution in [0, 0.1) is 5.92 Å². The van der Waals surface area contributed by atoms with Crippen LogP contribution in [0.5, 0.6) is 5.75 Å². The van der Waals surface area contributed by atoms with Crippen molar-refractivity contribution < 1.29 is 27.5 Å². The van der Waals surface area contributed by atoms with Gasteiger partial charge in [0.1, 0.15) is 11.7 Å². The van der Waals surface area contributed by atoms with Crippen molar-refractivity contribution in [2.45, 2.75) is 31.2 Å². The number of carbonyl (C=O) groups excluding carboxylic acids is 2. The summed E-state index contributed by atoms with van der Waals surface area (Å²) < 4.78 is 44.6. The molecule has 2 aliphatic heterocycles. The maximum absolute atomic E-state index is 12.9. The van der Waals surface area contributed by atoms with Crippen molar-refractivity contribution >= 4 is 17.5 Å². The monoisotopic (exact) mass is 390 g/mol. The van der Waals surface area contributed by atoms with Gasteiger partial charge in [0.2, 0.25) is 11.8 Å². The predicted octanol–water partition coefficient (Wildman–Crippen LogP) is 3.67. The first-order chi connectivity index (χ1) is 13.2. The standard InChI is InChI=1S/C20H17F3N2O3/c1-19-10-14(13-7-2-3-8-15(13)28-19)16(18(27)25-19)17(26)24-12-6-4-5-11(9-12)20(21,22)23/h2-9,14,16H,10H2,1H3,(H,24,26)(H,25,27)/t14-,16-,19-/m0/s1. The summed E-state index contributed by atoms with van der Waals surface area (Å²) in [4.78, 5) is 25.5. The molecule has 0 aromatic heterocycles. The molecule has 5 nitrogen and oxygen atoms in total. The zero-order valence-corrected chi connectivity index (χ0v) is 14.8. The number of benzene rings is 2. The van der Waals surface area contributed by atoms with Gasteiger partial charge < -0.3 is 15.4 Å². The second-order valence-corrected chi connectivity index (χ2v) is 7.22. The predicted molar refractivity (Wildman–Crippen MR) is 94.5 cm³/mol. The number of amides is 2. The highest BCUT2D eigenvalue weighted by Crippen LogP contribution is 2.46. The Morgan fingerprint density at radius 2 is 1.96 bits per heavy atom. The van der Waals surface area contributed by atoms with E-state index in [1.54, 1.807) is 31.2 Å². The molecule has 28 heavy (non-hydrogen) atoms. The van der Waals surface area contributed by atoms with Crippen LogP contribution in [0.1, 0.15) is 30.4 Å². The topological polar surface area (TPSA) is 67.4 Å². The number of hydrogen-bond donors (Lipinski definition) is 2. The molecule has 1 fully saturated rings. The molecule has 2 aliphatic rings. The van der Waals surface area contributed by atoms with Crippen LogP contribution in [0.15, 0.2) is 48.5 Å². The zero-order valence-electron chi connectivity index (χ0n) is 14.8. The second-order valence-electron chi connectivity index (χ2n) is 7.22. The summed E-state index contributed by atoms with van der Waals surface area (Å²) in [6.45, 7) is 1.73. The molecule has 8 heteroatoms. The Hall–Kier alpha value is -3.03. The summed E-state index contributed by atoms with van der Waals surface area (Å²) in [5, 5.41) is 5.18. The number of ether oxygens (including phenoxy) is 1. The molecular formula is C20H17F3N2O3. The molecule has 1 saturated heterocycles. The van der Waals surface area contributed by atoms with E-state index in [9.17, 15) is 22.8 Å². The Morgan fingerprint density at radius 1 is 1.21 bits per heavy atom. The molecular weight excluding hydrogens is 373 g/mol. The van der Waals surface area contributed by atoms with E-state index < -0.39 is 41.1 Å². The molecule has 2 heterocycles. The lowest BCUT2D eigenvalue weighted by atomic mass is 9.74. The van der Waals surface area contributed by atoms with Crippen molar-refractivity contribution in [2.75, 3.05) is 5.32 Å². The third-order valence-corrected chi connectivity index (χ3v) is 5.08. The number of halogens is 3. The van der Waals surface area contributed by atoms with Gasteiger partial charge in [0.25, 0.3) is 0 Å². The summed E-state index contributed by atoms with van der Waals surface area (Å²) in [5.41, 5.74) is -1.08. The molecule has 0 radical (unpaired) electrons. The van der Waals surface area contributed by atoms with Crippen LogP contribution >= 0.6 is 0 Å². The highest BCUT2D eigenvalue weighted by molar-refractivity contribution is 6.08. The minimum Gasteiger partial charge on any atom is -0.468 e. The van der Waals surface area contributed by atoms with E-state index in [1.165, 1.54) is 12.1 Å². The van der Waals surface area contributed by atoms with Gasteiger partial charge in [-0.25, -0.2) is 0 Å². The van der Waals surface area contributed by atoms with Gasteiger partial charge in [0.05, 0.1) is 5.56 Å². The van der Waals surface area contributed by atoms with Crippen molar-refractivity contribution in [2.24, 2.45) is 5.92 Å². The number of hydrogen-bond acceptors (Lipinski definition) is 3. The van der Waals surface area contributed by atoms with Crippen LogP contribution < -0.4 is 15.4 Å². The number of piperidine rings is 1. The smallest absolute Gasteiger partial charge is 0.416 e. The summed E-state index contributed by atoms with van der Waals surface area (Å²) in [7, 11) is 0. The van der Waals surface area contributed by atoms with Crippen molar-refractivity contribution in [3.63, 3.8) is 0 Å². The average molecular weight is 390 g/mol. The van der Waals surface area contributed by atoms with E-state index in [-0.39, 0.29) is 5.69 Å². The van der Waals surface area contributed by atoms with E-state index in [2.05, 4.69) is 10.6 Å². The van der Waals surface area contributed by atoms with Crippen LogP contribution in [0.3, 0.4) is 0 Å². The second kappa shape index (κ2) is 6.25. The minimum atomic E-state index is -4.52. The molecule has 2 aromatic rings. The number of para-hydroxylation sites is 1. The lowest BCUT2D eigenvalue weighted by Gasteiger charge is -2.46. The van der Waals surface area contributed by atoms with Crippen molar-refractivity contribution in [3.05, 3.63) is 59.7 Å². The van der Waals surface area contributed by atoms with Crippen LogP contribution in [-0.4, -0.2) is 17.5 Å². The average Bonchev–Trinajstić information content (AvgIpc) is 2.60. The molecule has 2 bridgehead atoms. The number of alkyl halides is 3. The van der Waals surface area contributed by atoms with Crippen molar-refractivity contribution in [1.82, 2.24) is 5.32 Å². The fraction of sp³-hybridized carbons (Fsp3) is 0.300. The highest BCUT2D eigenvalue weighted by Gasteiger charge is 2.51.